The van der Waals surface area contributed by atoms with Crippen molar-refractivity contribution in [2.45, 2.75) is 4.34 Å². The second kappa shape index (κ2) is 10.2. The maximum absolute atomic E-state index is 12.4. The molecule has 0 aliphatic carbocycles. The first-order chi connectivity index (χ1) is 14.8. The van der Waals surface area contributed by atoms with Crippen LogP contribution in [0.2, 0.25) is 10.0 Å². The number of methoxy groups -OCH3 is 1. The lowest BCUT2D eigenvalue weighted by molar-refractivity contribution is 0.102. The fraction of sp³-hybridized carbons (Fsp3) is 0.167. The van der Waals surface area contributed by atoms with E-state index in [9.17, 15) is 13.2 Å². The lowest BCUT2D eigenvalue weighted by Gasteiger charge is -2.07. The molecule has 0 fully saturated rings. The van der Waals surface area contributed by atoms with Gasteiger partial charge >= 0.3 is 0 Å². The Balaban J connectivity index is 1.54. The van der Waals surface area contributed by atoms with Gasteiger partial charge < -0.3 is 9.47 Å². The number of rotatable bonds is 9. The van der Waals surface area contributed by atoms with Crippen molar-refractivity contribution in [2.24, 2.45) is 0 Å². The first kappa shape index (κ1) is 23.2. The molecule has 0 unspecified atom stereocenters. The predicted octanol–water partition coefficient (Wildman–Crippen LogP) is 3.46. The number of sulfonamides is 1. The van der Waals surface area contributed by atoms with Crippen LogP contribution in [0.4, 0.5) is 5.13 Å². The van der Waals surface area contributed by atoms with Crippen LogP contribution >= 0.6 is 34.5 Å². The monoisotopic (exact) mass is 502 g/mol. The van der Waals surface area contributed by atoms with Crippen LogP contribution in [0.5, 0.6) is 11.5 Å². The highest BCUT2D eigenvalue weighted by Crippen LogP contribution is 2.24. The molecular formula is C18H16Cl2N4O5S2. The predicted molar refractivity (Wildman–Crippen MR) is 118 cm³/mol. The van der Waals surface area contributed by atoms with Gasteiger partial charge in [0.05, 0.1) is 17.7 Å². The summed E-state index contributed by atoms with van der Waals surface area (Å²) in [6, 6.07) is 11.3. The lowest BCUT2D eigenvalue weighted by atomic mass is 10.2. The van der Waals surface area contributed by atoms with Crippen LogP contribution in [0.15, 0.2) is 46.8 Å². The average Bonchev–Trinajstić information content (AvgIpc) is 3.21. The van der Waals surface area contributed by atoms with Crippen LogP contribution < -0.4 is 19.5 Å². The van der Waals surface area contributed by atoms with E-state index in [2.05, 4.69) is 20.2 Å². The molecule has 0 spiro atoms. The minimum Gasteiger partial charge on any atom is -0.497 e. The SMILES string of the molecule is COc1ccc(OCCNS(=O)(=O)c2nnc(NC(=O)c3ccc(Cl)cc3Cl)s2)cc1. The van der Waals surface area contributed by atoms with Gasteiger partial charge in [-0.2, -0.15) is 0 Å². The summed E-state index contributed by atoms with van der Waals surface area (Å²) in [5, 5.41) is 10.3. The zero-order valence-electron chi connectivity index (χ0n) is 16.0. The zero-order chi connectivity index (χ0) is 22.4. The zero-order valence-corrected chi connectivity index (χ0v) is 19.1. The van der Waals surface area contributed by atoms with Gasteiger partial charge in [0, 0.05) is 11.6 Å². The highest BCUT2D eigenvalue weighted by Gasteiger charge is 2.21. The van der Waals surface area contributed by atoms with Crippen molar-refractivity contribution in [2.75, 3.05) is 25.6 Å². The third-order valence-corrected chi connectivity index (χ3v) is 6.97. The fourth-order valence-corrected chi connectivity index (χ4v) is 4.73. The summed E-state index contributed by atoms with van der Waals surface area (Å²) in [4.78, 5) is 12.3. The average molecular weight is 503 g/mol. The van der Waals surface area contributed by atoms with E-state index >= 15 is 0 Å². The van der Waals surface area contributed by atoms with Crippen LogP contribution in [0, 0.1) is 0 Å². The Morgan fingerprint density at radius 3 is 2.48 bits per heavy atom. The number of anilines is 1. The number of carbonyl (C=O) groups is 1. The number of halogens is 2. The molecule has 9 nitrogen and oxygen atoms in total. The van der Waals surface area contributed by atoms with E-state index in [1.54, 1.807) is 31.4 Å². The number of hydrogen-bond acceptors (Lipinski definition) is 8. The Kier molecular flexibility index (Phi) is 7.68. The number of ether oxygens (including phenoxy) is 2. The molecule has 0 bridgehead atoms. The van der Waals surface area contributed by atoms with Crippen molar-refractivity contribution >= 4 is 55.6 Å². The molecule has 0 aliphatic rings. The van der Waals surface area contributed by atoms with E-state index in [-0.39, 0.29) is 33.2 Å². The van der Waals surface area contributed by atoms with E-state index in [0.29, 0.717) is 27.9 Å². The second-order valence-electron chi connectivity index (χ2n) is 5.87. The van der Waals surface area contributed by atoms with Crippen molar-refractivity contribution in [1.82, 2.24) is 14.9 Å². The lowest BCUT2D eigenvalue weighted by Crippen LogP contribution is -2.28. The minimum absolute atomic E-state index is 0.00544. The number of nitrogens with one attached hydrogen (secondary N) is 2. The smallest absolute Gasteiger partial charge is 0.269 e. The Morgan fingerprint density at radius 1 is 1.10 bits per heavy atom. The molecule has 0 saturated heterocycles. The number of hydrogen-bond donors (Lipinski definition) is 2. The Bertz CT molecular complexity index is 1170. The summed E-state index contributed by atoms with van der Waals surface area (Å²) < 4.78 is 37.3. The van der Waals surface area contributed by atoms with Gasteiger partial charge in [0.1, 0.15) is 18.1 Å². The molecule has 2 N–H and O–H groups in total. The molecule has 0 radical (unpaired) electrons. The van der Waals surface area contributed by atoms with Gasteiger partial charge in [0.25, 0.3) is 15.9 Å². The minimum atomic E-state index is -3.92. The maximum Gasteiger partial charge on any atom is 0.269 e. The van der Waals surface area contributed by atoms with Crippen LogP contribution in [-0.2, 0) is 10.0 Å². The molecule has 164 valence electrons. The first-order valence-corrected chi connectivity index (χ1v) is 11.7. The van der Waals surface area contributed by atoms with Gasteiger partial charge in [-0.3, -0.25) is 10.1 Å². The molecule has 1 aromatic heterocycles. The van der Waals surface area contributed by atoms with Gasteiger partial charge in [-0.1, -0.05) is 34.5 Å². The molecular weight excluding hydrogens is 487 g/mol. The summed E-state index contributed by atoms with van der Waals surface area (Å²) >= 11 is 12.5. The fourth-order valence-electron chi connectivity index (χ4n) is 2.29. The standard InChI is InChI=1S/C18H16Cl2N4O5S2/c1-28-12-3-5-13(6-4-12)29-9-8-21-31(26,27)18-24-23-17(30-18)22-16(25)14-7-2-11(19)10-15(14)20/h2-7,10,21H,8-9H2,1H3,(H,22,23,25). The third kappa shape index (κ3) is 6.28. The van der Waals surface area contributed by atoms with Crippen molar-refractivity contribution in [1.29, 1.82) is 0 Å². The van der Waals surface area contributed by atoms with E-state index in [4.69, 9.17) is 32.7 Å². The summed E-state index contributed by atoms with van der Waals surface area (Å²) in [5.74, 6) is 0.690. The molecule has 13 heteroatoms. The number of nitrogens with zero attached hydrogens (tertiary/aromatic N) is 2. The van der Waals surface area contributed by atoms with Crippen LogP contribution in [0.25, 0.3) is 0 Å². The van der Waals surface area contributed by atoms with Crippen LogP contribution in [0.3, 0.4) is 0 Å². The number of carbonyl (C=O) groups excluding carboxylic acids is 1. The molecule has 0 aliphatic heterocycles. The molecule has 2 aromatic carbocycles. The van der Waals surface area contributed by atoms with Gasteiger partial charge in [0.2, 0.25) is 9.47 Å². The van der Waals surface area contributed by atoms with Gasteiger partial charge in [-0.05, 0) is 42.5 Å². The second-order valence-corrected chi connectivity index (χ2v) is 9.64. The van der Waals surface area contributed by atoms with E-state index in [0.717, 1.165) is 0 Å². The van der Waals surface area contributed by atoms with Gasteiger partial charge in [0.15, 0.2) is 0 Å². The quantitative estimate of drug-likeness (QED) is 0.339. The summed E-state index contributed by atoms with van der Waals surface area (Å²) in [6.45, 7) is 0.110. The van der Waals surface area contributed by atoms with Crippen molar-refractivity contribution in [3.05, 3.63) is 58.1 Å². The maximum atomic E-state index is 12.4. The molecule has 1 heterocycles. The molecule has 0 atom stereocenters. The summed E-state index contributed by atoms with van der Waals surface area (Å²) in [5.41, 5.74) is 0.166. The Labute approximate surface area is 192 Å². The molecule has 1 amide bonds. The molecule has 3 aromatic rings. The van der Waals surface area contributed by atoms with Crippen LogP contribution in [-0.4, -0.2) is 44.8 Å². The summed E-state index contributed by atoms with van der Waals surface area (Å²) in [6.07, 6.45) is 0. The Hall–Kier alpha value is -2.44. The number of amides is 1. The van der Waals surface area contributed by atoms with E-state index in [1.807, 2.05) is 0 Å². The van der Waals surface area contributed by atoms with Crippen LogP contribution in [0.1, 0.15) is 10.4 Å². The van der Waals surface area contributed by atoms with Crippen molar-refractivity contribution in [3.8, 4) is 11.5 Å². The first-order valence-electron chi connectivity index (χ1n) is 8.65. The topological polar surface area (TPSA) is 120 Å². The van der Waals surface area contributed by atoms with E-state index in [1.165, 1.54) is 18.2 Å². The number of aromatic nitrogens is 2. The van der Waals surface area contributed by atoms with Gasteiger partial charge in [-0.15, -0.1) is 10.2 Å². The normalized spacial score (nSPS) is 11.2. The van der Waals surface area contributed by atoms with Crippen molar-refractivity contribution < 1.29 is 22.7 Å². The summed E-state index contributed by atoms with van der Waals surface area (Å²) in [7, 11) is -2.36. The molecule has 31 heavy (non-hydrogen) atoms. The highest BCUT2D eigenvalue weighted by atomic mass is 35.5. The number of benzene rings is 2. The van der Waals surface area contributed by atoms with E-state index < -0.39 is 15.9 Å². The molecule has 0 saturated carbocycles. The van der Waals surface area contributed by atoms with Crippen molar-refractivity contribution in [3.63, 3.8) is 0 Å². The highest BCUT2D eigenvalue weighted by molar-refractivity contribution is 7.91. The molecule has 3 rings (SSSR count). The largest absolute Gasteiger partial charge is 0.497 e. The Morgan fingerprint density at radius 2 is 1.81 bits per heavy atom. The van der Waals surface area contributed by atoms with Gasteiger partial charge in [-0.25, -0.2) is 13.1 Å². The third-order valence-electron chi connectivity index (χ3n) is 3.75.